The van der Waals surface area contributed by atoms with E-state index in [1.165, 1.54) is 32.1 Å². The molecule has 1 heterocycles. The van der Waals surface area contributed by atoms with E-state index >= 15 is 0 Å². The molecule has 92 valence electrons. The number of carbonyl (C=O) groups is 1. The van der Waals surface area contributed by atoms with Crippen molar-refractivity contribution in [3.63, 3.8) is 0 Å². The highest BCUT2D eigenvalue weighted by Crippen LogP contribution is 2.32. The molecule has 0 amide bonds. The van der Waals surface area contributed by atoms with Crippen LogP contribution in [0.25, 0.3) is 0 Å². The molecular formula is C14H25NO. The summed E-state index contributed by atoms with van der Waals surface area (Å²) < 4.78 is 0. The average Bonchev–Trinajstić information content (AvgIpc) is 2.82. The predicted molar refractivity (Wildman–Crippen MR) is 66.5 cm³/mol. The highest BCUT2D eigenvalue weighted by atomic mass is 16.1. The first-order chi connectivity index (χ1) is 7.62. The van der Waals surface area contributed by atoms with Crippen molar-refractivity contribution in [3.05, 3.63) is 0 Å². The highest BCUT2D eigenvalue weighted by molar-refractivity contribution is 5.89. The Morgan fingerprint density at radius 1 is 1.00 bits per heavy atom. The third-order valence-electron chi connectivity index (χ3n) is 4.48. The highest BCUT2D eigenvalue weighted by Gasteiger charge is 2.39. The van der Waals surface area contributed by atoms with E-state index < -0.39 is 0 Å². The van der Waals surface area contributed by atoms with Crippen LogP contribution >= 0.6 is 0 Å². The number of hydrogen-bond donors (Lipinski definition) is 0. The molecule has 0 bridgehead atoms. The second-order valence-electron chi connectivity index (χ2n) is 5.95. The van der Waals surface area contributed by atoms with Crippen LogP contribution in [0.15, 0.2) is 0 Å². The van der Waals surface area contributed by atoms with Crippen LogP contribution in [-0.4, -0.2) is 29.3 Å². The third-order valence-corrected chi connectivity index (χ3v) is 4.48. The van der Waals surface area contributed by atoms with E-state index in [4.69, 9.17) is 0 Å². The monoisotopic (exact) mass is 223 g/mol. The first-order valence-corrected chi connectivity index (χ1v) is 6.92. The van der Waals surface area contributed by atoms with Crippen LogP contribution in [0.2, 0.25) is 0 Å². The van der Waals surface area contributed by atoms with Crippen LogP contribution in [0.5, 0.6) is 0 Å². The molecule has 0 atom stereocenters. The molecule has 0 spiro atoms. The van der Waals surface area contributed by atoms with E-state index in [2.05, 4.69) is 18.7 Å². The van der Waals surface area contributed by atoms with Crippen molar-refractivity contribution in [1.82, 2.24) is 4.90 Å². The zero-order valence-electron chi connectivity index (χ0n) is 10.8. The van der Waals surface area contributed by atoms with E-state index in [0.717, 1.165) is 25.9 Å². The molecule has 2 nitrogen and oxygen atoms in total. The van der Waals surface area contributed by atoms with Gasteiger partial charge in [-0.1, -0.05) is 19.3 Å². The van der Waals surface area contributed by atoms with Crippen LogP contribution in [0.3, 0.4) is 0 Å². The van der Waals surface area contributed by atoms with Crippen molar-refractivity contribution >= 4 is 5.78 Å². The van der Waals surface area contributed by atoms with Gasteiger partial charge in [0.2, 0.25) is 0 Å². The molecule has 0 unspecified atom stereocenters. The van der Waals surface area contributed by atoms with Crippen LogP contribution in [-0.2, 0) is 4.79 Å². The zero-order chi connectivity index (χ0) is 11.6. The molecule has 0 aromatic carbocycles. The summed E-state index contributed by atoms with van der Waals surface area (Å²) in [7, 11) is 0. The number of rotatable bonds is 3. The van der Waals surface area contributed by atoms with Crippen LogP contribution < -0.4 is 0 Å². The fourth-order valence-corrected chi connectivity index (χ4v) is 3.30. The zero-order valence-corrected chi connectivity index (χ0v) is 10.8. The molecule has 1 aliphatic carbocycles. The summed E-state index contributed by atoms with van der Waals surface area (Å²) in [6.45, 7) is 6.51. The Hall–Kier alpha value is -0.370. The van der Waals surface area contributed by atoms with Gasteiger partial charge in [-0.25, -0.2) is 0 Å². The fourth-order valence-electron chi connectivity index (χ4n) is 3.30. The first-order valence-electron chi connectivity index (χ1n) is 6.92. The van der Waals surface area contributed by atoms with Crippen LogP contribution in [0, 0.1) is 5.92 Å². The van der Waals surface area contributed by atoms with Gasteiger partial charge >= 0.3 is 0 Å². The number of piperidine rings is 1. The standard InChI is InChI=1S/C14H25NO/c1-14(2,15-10-6-3-7-11-15)13(16)12-8-4-5-9-12/h12H,3-11H2,1-2H3. The fraction of sp³-hybridized carbons (Fsp3) is 0.929. The molecule has 0 N–H and O–H groups in total. The summed E-state index contributed by atoms with van der Waals surface area (Å²) in [6, 6.07) is 0. The summed E-state index contributed by atoms with van der Waals surface area (Å²) in [4.78, 5) is 14.9. The number of nitrogens with zero attached hydrogens (tertiary/aromatic N) is 1. The Labute approximate surface area is 99.4 Å². The van der Waals surface area contributed by atoms with Crippen molar-refractivity contribution < 1.29 is 4.79 Å². The lowest BCUT2D eigenvalue weighted by Crippen LogP contribution is -2.53. The maximum atomic E-state index is 12.5. The summed E-state index contributed by atoms with van der Waals surface area (Å²) in [5, 5.41) is 0. The largest absolute Gasteiger partial charge is 0.297 e. The smallest absolute Gasteiger partial charge is 0.155 e. The number of hydrogen-bond acceptors (Lipinski definition) is 2. The Balaban J connectivity index is 2.01. The van der Waals surface area contributed by atoms with Crippen LogP contribution in [0.4, 0.5) is 0 Å². The molecule has 0 aromatic heterocycles. The summed E-state index contributed by atoms with van der Waals surface area (Å²) in [5.74, 6) is 0.865. The number of likely N-dealkylation sites (tertiary alicyclic amines) is 1. The van der Waals surface area contributed by atoms with Gasteiger partial charge in [-0.2, -0.15) is 0 Å². The van der Waals surface area contributed by atoms with Gasteiger partial charge in [0.05, 0.1) is 5.54 Å². The van der Waals surface area contributed by atoms with Gasteiger partial charge in [0, 0.05) is 5.92 Å². The number of ketones is 1. The molecule has 1 aliphatic heterocycles. The Morgan fingerprint density at radius 2 is 1.56 bits per heavy atom. The number of Topliss-reactive ketones (excluding diaryl/α,β-unsaturated/α-hetero) is 1. The summed E-state index contributed by atoms with van der Waals surface area (Å²) in [6.07, 6.45) is 8.65. The molecule has 1 saturated carbocycles. The lowest BCUT2D eigenvalue weighted by Gasteiger charge is -2.41. The normalized spacial score (nSPS) is 24.9. The van der Waals surface area contributed by atoms with E-state index in [9.17, 15) is 4.79 Å². The molecule has 2 fully saturated rings. The predicted octanol–water partition coefficient (Wildman–Crippen LogP) is 3.01. The third kappa shape index (κ3) is 2.32. The minimum absolute atomic E-state index is 0.213. The molecule has 2 heteroatoms. The van der Waals surface area contributed by atoms with Crippen molar-refractivity contribution in [2.24, 2.45) is 5.92 Å². The summed E-state index contributed by atoms with van der Waals surface area (Å²) >= 11 is 0. The second-order valence-corrected chi connectivity index (χ2v) is 5.95. The SMILES string of the molecule is CC(C)(C(=O)C1CCCC1)N1CCCCC1. The summed E-state index contributed by atoms with van der Waals surface area (Å²) in [5.41, 5.74) is -0.213. The minimum atomic E-state index is -0.213. The maximum Gasteiger partial charge on any atom is 0.155 e. The molecule has 0 aromatic rings. The van der Waals surface area contributed by atoms with Crippen molar-refractivity contribution in [3.8, 4) is 0 Å². The number of carbonyl (C=O) groups excluding carboxylic acids is 1. The van der Waals surface area contributed by atoms with Crippen LogP contribution in [0.1, 0.15) is 58.8 Å². The Bertz CT molecular complexity index is 247. The van der Waals surface area contributed by atoms with Crippen molar-refractivity contribution in [2.45, 2.75) is 64.3 Å². The minimum Gasteiger partial charge on any atom is -0.297 e. The average molecular weight is 223 g/mol. The van der Waals surface area contributed by atoms with E-state index in [1.807, 2.05) is 0 Å². The molecule has 2 aliphatic rings. The maximum absolute atomic E-state index is 12.5. The van der Waals surface area contributed by atoms with Crippen molar-refractivity contribution in [1.29, 1.82) is 0 Å². The van der Waals surface area contributed by atoms with Gasteiger partial charge in [0.15, 0.2) is 5.78 Å². The Kier molecular flexibility index (Phi) is 3.68. The van der Waals surface area contributed by atoms with E-state index in [1.54, 1.807) is 0 Å². The van der Waals surface area contributed by atoms with Gasteiger partial charge < -0.3 is 0 Å². The lowest BCUT2D eigenvalue weighted by molar-refractivity contribution is -0.134. The molecule has 0 radical (unpaired) electrons. The molecule has 2 rings (SSSR count). The van der Waals surface area contributed by atoms with E-state index in [-0.39, 0.29) is 5.54 Å². The van der Waals surface area contributed by atoms with Gasteiger partial charge in [0.25, 0.3) is 0 Å². The first kappa shape index (κ1) is 12.1. The van der Waals surface area contributed by atoms with Crippen molar-refractivity contribution in [2.75, 3.05) is 13.1 Å². The quantitative estimate of drug-likeness (QED) is 0.733. The Morgan fingerprint density at radius 3 is 2.12 bits per heavy atom. The van der Waals surface area contributed by atoms with Gasteiger partial charge in [-0.3, -0.25) is 9.69 Å². The van der Waals surface area contributed by atoms with Gasteiger partial charge in [0.1, 0.15) is 0 Å². The second kappa shape index (κ2) is 4.87. The van der Waals surface area contributed by atoms with Gasteiger partial charge in [-0.15, -0.1) is 0 Å². The molecular weight excluding hydrogens is 198 g/mol. The van der Waals surface area contributed by atoms with Gasteiger partial charge in [-0.05, 0) is 52.6 Å². The lowest BCUT2D eigenvalue weighted by atomic mass is 9.85. The van der Waals surface area contributed by atoms with E-state index in [0.29, 0.717) is 11.7 Å². The molecule has 1 saturated heterocycles. The topological polar surface area (TPSA) is 20.3 Å². The molecule has 16 heavy (non-hydrogen) atoms.